The fourth-order valence-corrected chi connectivity index (χ4v) is 7.36. The van der Waals surface area contributed by atoms with E-state index in [1.165, 1.54) is 25.9 Å². The van der Waals surface area contributed by atoms with Crippen LogP contribution in [0.3, 0.4) is 0 Å². The maximum Gasteiger partial charge on any atom is 0.309 e. The topological polar surface area (TPSA) is 135 Å². The molecule has 10 unspecified atom stereocenters. The summed E-state index contributed by atoms with van der Waals surface area (Å²) < 4.78 is 11.7. The van der Waals surface area contributed by atoms with Gasteiger partial charge in [-0.1, -0.05) is 51.2 Å². The second kappa shape index (κ2) is 16.9. The fourth-order valence-electron chi connectivity index (χ4n) is 7.36. The minimum Gasteiger partial charge on any atom is -0.457 e. The van der Waals surface area contributed by atoms with Crippen LogP contribution in [0, 0.1) is 11.8 Å². The Morgan fingerprint density at radius 1 is 1.19 bits per heavy atom. The van der Waals surface area contributed by atoms with Gasteiger partial charge in [-0.05, 0) is 84.4 Å². The highest BCUT2D eigenvalue weighted by molar-refractivity contribution is 5.70. The number of hydrogen-bond acceptors (Lipinski definition) is 10. The molecule has 0 aromatic heterocycles. The fraction of sp³-hybridized carbons (Fsp3) is 0.811. The van der Waals surface area contributed by atoms with Gasteiger partial charge in [0.25, 0.3) is 0 Å². The predicted octanol–water partition coefficient (Wildman–Crippen LogP) is 4.06. The molecule has 0 spiro atoms. The molecule has 268 valence electrons. The SMILES string of the molecule is CCC(O)C(C)C1OC1CC(C)(O)/C=C/C=C(\C)C1OC(=O)CC(O)CCC(C)(O)C(ON2CCC(N3CCCC3)CC2)/C=C/C1C. The van der Waals surface area contributed by atoms with E-state index in [0.717, 1.165) is 31.5 Å². The molecule has 0 aromatic rings. The minimum atomic E-state index is -1.25. The molecule has 4 rings (SSSR count). The normalized spacial score (nSPS) is 37.5. The molecular weight excluding hydrogens is 600 g/mol. The number of esters is 1. The van der Waals surface area contributed by atoms with Gasteiger partial charge in [-0.3, -0.25) is 9.63 Å². The van der Waals surface area contributed by atoms with Crippen LogP contribution in [0.15, 0.2) is 36.0 Å². The minimum absolute atomic E-state index is 0.0106. The molecule has 4 heterocycles. The molecule has 47 heavy (non-hydrogen) atoms. The van der Waals surface area contributed by atoms with Crippen LogP contribution < -0.4 is 0 Å². The van der Waals surface area contributed by atoms with Crippen molar-refractivity contribution in [3.05, 3.63) is 36.0 Å². The third-order valence-electron chi connectivity index (χ3n) is 10.7. The number of nitrogens with zero attached hydrogens (tertiary/aromatic N) is 2. The number of cyclic esters (lactones) is 1. The van der Waals surface area contributed by atoms with Crippen LogP contribution in [-0.2, 0) is 19.1 Å². The quantitative estimate of drug-likeness (QED) is 0.111. The van der Waals surface area contributed by atoms with Gasteiger partial charge in [-0.2, -0.15) is 5.06 Å². The maximum atomic E-state index is 12.9. The highest BCUT2D eigenvalue weighted by Crippen LogP contribution is 2.37. The lowest BCUT2D eigenvalue weighted by molar-refractivity contribution is -0.239. The van der Waals surface area contributed by atoms with Crippen molar-refractivity contribution < 1.29 is 39.5 Å². The third kappa shape index (κ3) is 11.2. The van der Waals surface area contributed by atoms with E-state index < -0.39 is 41.6 Å². The first-order valence-electron chi connectivity index (χ1n) is 18.0. The predicted molar refractivity (Wildman–Crippen MR) is 181 cm³/mol. The van der Waals surface area contributed by atoms with Crippen molar-refractivity contribution in [3.63, 3.8) is 0 Å². The molecule has 4 N–H and O–H groups in total. The Hall–Kier alpha value is -1.63. The van der Waals surface area contributed by atoms with Crippen LogP contribution in [0.1, 0.15) is 99.3 Å². The van der Waals surface area contributed by atoms with Crippen LogP contribution >= 0.6 is 0 Å². The number of hydroxylamine groups is 2. The summed E-state index contributed by atoms with van der Waals surface area (Å²) in [7, 11) is 0. The van der Waals surface area contributed by atoms with Crippen molar-refractivity contribution in [1.29, 1.82) is 0 Å². The van der Waals surface area contributed by atoms with Crippen molar-refractivity contribution >= 4 is 5.97 Å². The van der Waals surface area contributed by atoms with Gasteiger partial charge in [-0.15, -0.1) is 0 Å². The molecule has 0 aliphatic carbocycles. The highest BCUT2D eigenvalue weighted by Gasteiger charge is 2.47. The Morgan fingerprint density at radius 3 is 2.53 bits per heavy atom. The van der Waals surface area contributed by atoms with E-state index in [2.05, 4.69) is 4.90 Å². The average molecular weight is 663 g/mol. The first-order chi connectivity index (χ1) is 22.2. The Labute approximate surface area is 282 Å². The smallest absolute Gasteiger partial charge is 0.309 e. The van der Waals surface area contributed by atoms with Crippen molar-refractivity contribution in [3.8, 4) is 0 Å². The number of carbonyl (C=O) groups is 1. The summed E-state index contributed by atoms with van der Waals surface area (Å²) in [5.74, 6) is -0.743. The monoisotopic (exact) mass is 662 g/mol. The van der Waals surface area contributed by atoms with Crippen molar-refractivity contribution in [2.45, 2.75) is 153 Å². The number of carbonyl (C=O) groups excluding carboxylic acids is 1. The van der Waals surface area contributed by atoms with Gasteiger partial charge in [0, 0.05) is 37.4 Å². The summed E-state index contributed by atoms with van der Waals surface area (Å²) in [5, 5.41) is 45.4. The summed E-state index contributed by atoms with van der Waals surface area (Å²) in [4.78, 5) is 21.9. The first-order valence-corrected chi connectivity index (χ1v) is 18.0. The van der Waals surface area contributed by atoms with Crippen molar-refractivity contribution in [2.24, 2.45) is 11.8 Å². The number of epoxide rings is 1. The molecule has 0 bridgehead atoms. The Morgan fingerprint density at radius 2 is 1.87 bits per heavy atom. The standard InChI is InChI=1S/C37H62N2O8/c1-7-30(41)27(4)35-31(45-35)24-36(5,43)17-10-11-25(2)34-26(3)12-13-32(37(6,44)18-14-29(40)23-33(42)46-34)47-39-21-15-28(16-22-39)38-19-8-9-20-38/h10-13,17,26-32,34-35,40-41,43-44H,7-9,14-16,18-24H2,1-6H3/b13-12+,17-10+,25-11+. The Balaban J connectivity index is 1.42. The van der Waals surface area contributed by atoms with E-state index in [0.29, 0.717) is 18.9 Å². The van der Waals surface area contributed by atoms with E-state index >= 15 is 0 Å². The highest BCUT2D eigenvalue weighted by atomic mass is 16.7. The molecule has 10 heteroatoms. The number of likely N-dealkylation sites (tertiary alicyclic amines) is 1. The molecular formula is C37H62N2O8. The zero-order valence-corrected chi connectivity index (χ0v) is 29.6. The number of aliphatic hydroxyl groups is 4. The van der Waals surface area contributed by atoms with Crippen LogP contribution in [0.5, 0.6) is 0 Å². The van der Waals surface area contributed by atoms with Crippen LogP contribution in [0.4, 0.5) is 0 Å². The molecule has 0 radical (unpaired) electrons. The first kappa shape index (κ1) is 38.2. The van der Waals surface area contributed by atoms with Crippen LogP contribution in [0.25, 0.3) is 0 Å². The lowest BCUT2D eigenvalue weighted by atomic mass is 9.88. The lowest BCUT2D eigenvalue weighted by Crippen LogP contribution is -2.49. The summed E-state index contributed by atoms with van der Waals surface area (Å²) in [6, 6.07) is 0.588. The van der Waals surface area contributed by atoms with Gasteiger partial charge in [-0.25, -0.2) is 0 Å². The van der Waals surface area contributed by atoms with Gasteiger partial charge in [0.1, 0.15) is 12.2 Å². The molecule has 3 saturated heterocycles. The second-order valence-electron chi connectivity index (χ2n) is 15.1. The van der Waals surface area contributed by atoms with E-state index in [4.69, 9.17) is 14.3 Å². The number of hydrogen-bond donors (Lipinski definition) is 4. The van der Waals surface area contributed by atoms with E-state index in [-0.39, 0.29) is 43.3 Å². The van der Waals surface area contributed by atoms with Gasteiger partial charge in [0.15, 0.2) is 0 Å². The molecule has 4 aliphatic heterocycles. The second-order valence-corrected chi connectivity index (χ2v) is 15.1. The molecule has 4 aliphatic rings. The van der Waals surface area contributed by atoms with E-state index in [1.54, 1.807) is 26.0 Å². The van der Waals surface area contributed by atoms with Crippen LogP contribution in [-0.4, -0.2) is 116 Å². The Kier molecular flexibility index (Phi) is 13.7. The summed E-state index contributed by atoms with van der Waals surface area (Å²) >= 11 is 0. The maximum absolute atomic E-state index is 12.9. The Bertz CT molecular complexity index is 1090. The molecule has 0 amide bonds. The number of aliphatic hydroxyl groups excluding tert-OH is 2. The van der Waals surface area contributed by atoms with E-state index in [9.17, 15) is 25.2 Å². The molecule has 10 nitrogen and oxygen atoms in total. The summed E-state index contributed by atoms with van der Waals surface area (Å²) in [6.45, 7) is 15.2. The van der Waals surface area contributed by atoms with Crippen LogP contribution in [0.2, 0.25) is 0 Å². The molecule has 0 saturated carbocycles. The number of ether oxygens (including phenoxy) is 2. The number of rotatable bonds is 11. The summed E-state index contributed by atoms with van der Waals surface area (Å²) in [5.41, 5.74) is -1.59. The zero-order chi connectivity index (χ0) is 34.4. The van der Waals surface area contributed by atoms with E-state index in [1.807, 2.05) is 51.0 Å². The number of allylic oxidation sites excluding steroid dienone is 2. The third-order valence-corrected chi connectivity index (χ3v) is 10.7. The van der Waals surface area contributed by atoms with Gasteiger partial charge < -0.3 is 34.8 Å². The van der Waals surface area contributed by atoms with Gasteiger partial charge in [0.2, 0.25) is 0 Å². The summed E-state index contributed by atoms with van der Waals surface area (Å²) in [6.07, 6.45) is 12.4. The molecule has 10 atom stereocenters. The zero-order valence-electron chi connectivity index (χ0n) is 29.6. The number of piperidine rings is 1. The molecule has 3 fully saturated rings. The molecule has 0 aromatic carbocycles. The average Bonchev–Trinajstić information content (AvgIpc) is 3.54. The van der Waals surface area contributed by atoms with Gasteiger partial charge in [0.05, 0.1) is 42.0 Å². The largest absolute Gasteiger partial charge is 0.457 e. The lowest BCUT2D eigenvalue weighted by Gasteiger charge is -2.40. The van der Waals surface area contributed by atoms with Crippen molar-refractivity contribution in [1.82, 2.24) is 9.96 Å². The van der Waals surface area contributed by atoms with Gasteiger partial charge >= 0.3 is 5.97 Å². The van der Waals surface area contributed by atoms with Crippen molar-refractivity contribution in [2.75, 3.05) is 26.2 Å².